The average molecular weight is 396 g/mol. The highest BCUT2D eigenvalue weighted by Gasteiger charge is 2.11. The molecule has 0 bridgehead atoms. The Morgan fingerprint density at radius 3 is 2.64 bits per heavy atom. The van der Waals surface area contributed by atoms with Crippen LogP contribution in [0.4, 0.5) is 5.69 Å². The number of thioether (sulfide) groups is 1. The number of carbonyl (C=O) groups is 2. The number of anilines is 1. The maximum Gasteiger partial charge on any atom is 0.224 e. The van der Waals surface area contributed by atoms with E-state index in [-0.39, 0.29) is 17.4 Å². The van der Waals surface area contributed by atoms with Crippen LogP contribution in [0.5, 0.6) is 0 Å². The quantitative estimate of drug-likeness (QED) is 0.433. The lowest BCUT2D eigenvalue weighted by Gasteiger charge is -2.08. The van der Waals surface area contributed by atoms with Crippen molar-refractivity contribution in [2.24, 2.45) is 0 Å². The normalized spacial score (nSPS) is 10.5. The maximum atomic E-state index is 12.3. The summed E-state index contributed by atoms with van der Waals surface area (Å²) in [4.78, 5) is 25.0. The zero-order chi connectivity index (χ0) is 18.2. The molecular formula is C19H19Cl2NO2S. The standard InChI is InChI=1S/C19H19Cl2NO2S/c1-2-3-7-19(24)22-14-5-4-6-15(11-14)25-12-18(23)16-9-8-13(20)10-17(16)21/h4-6,8-11H,2-3,7,12H2,1H3,(H,22,24). The molecule has 0 aliphatic heterocycles. The second kappa shape index (κ2) is 9.85. The third-order valence-corrected chi connectivity index (χ3v) is 5.02. The van der Waals surface area contributed by atoms with E-state index in [1.165, 1.54) is 11.8 Å². The van der Waals surface area contributed by atoms with Crippen LogP contribution in [-0.4, -0.2) is 17.4 Å². The minimum atomic E-state index is -0.0657. The fourth-order valence-electron chi connectivity index (χ4n) is 2.17. The van der Waals surface area contributed by atoms with Crippen molar-refractivity contribution in [3.8, 4) is 0 Å². The first-order chi connectivity index (χ1) is 12.0. The van der Waals surface area contributed by atoms with Gasteiger partial charge in [-0.1, -0.05) is 42.6 Å². The van der Waals surface area contributed by atoms with Crippen molar-refractivity contribution in [3.63, 3.8) is 0 Å². The van der Waals surface area contributed by atoms with Crippen molar-refractivity contribution in [1.29, 1.82) is 0 Å². The van der Waals surface area contributed by atoms with Crippen LogP contribution in [0.25, 0.3) is 0 Å². The first-order valence-electron chi connectivity index (χ1n) is 8.00. The van der Waals surface area contributed by atoms with E-state index in [0.29, 0.717) is 22.0 Å². The zero-order valence-electron chi connectivity index (χ0n) is 13.9. The Kier molecular flexibility index (Phi) is 7.82. The molecule has 1 amide bonds. The second-order valence-corrected chi connectivity index (χ2v) is 7.41. The number of hydrogen-bond donors (Lipinski definition) is 1. The molecule has 0 atom stereocenters. The molecule has 2 aromatic rings. The molecule has 25 heavy (non-hydrogen) atoms. The Morgan fingerprint density at radius 1 is 1.12 bits per heavy atom. The summed E-state index contributed by atoms with van der Waals surface area (Å²) >= 11 is 13.3. The summed E-state index contributed by atoms with van der Waals surface area (Å²) in [5.74, 6) is 0.200. The molecular weight excluding hydrogens is 377 g/mol. The van der Waals surface area contributed by atoms with Gasteiger partial charge < -0.3 is 5.32 Å². The molecule has 6 heteroatoms. The molecule has 0 aliphatic carbocycles. The van der Waals surface area contributed by atoms with Crippen LogP contribution in [0.2, 0.25) is 10.0 Å². The topological polar surface area (TPSA) is 46.2 Å². The lowest BCUT2D eigenvalue weighted by molar-refractivity contribution is -0.116. The van der Waals surface area contributed by atoms with Gasteiger partial charge in [-0.2, -0.15) is 0 Å². The fraction of sp³-hybridized carbons (Fsp3) is 0.263. The van der Waals surface area contributed by atoms with Gasteiger partial charge in [-0.05, 0) is 42.8 Å². The van der Waals surface area contributed by atoms with Gasteiger partial charge in [0, 0.05) is 27.6 Å². The van der Waals surface area contributed by atoms with E-state index in [1.54, 1.807) is 18.2 Å². The predicted molar refractivity (Wildman–Crippen MR) is 106 cm³/mol. The Labute approximate surface area is 162 Å². The number of unbranched alkanes of at least 4 members (excludes halogenated alkanes) is 1. The monoisotopic (exact) mass is 395 g/mol. The highest BCUT2D eigenvalue weighted by molar-refractivity contribution is 8.00. The number of benzene rings is 2. The average Bonchev–Trinajstić information content (AvgIpc) is 2.58. The molecule has 0 saturated heterocycles. The highest BCUT2D eigenvalue weighted by atomic mass is 35.5. The van der Waals surface area contributed by atoms with Gasteiger partial charge >= 0.3 is 0 Å². The second-order valence-electron chi connectivity index (χ2n) is 5.52. The summed E-state index contributed by atoms with van der Waals surface area (Å²) in [6.07, 6.45) is 2.37. The smallest absolute Gasteiger partial charge is 0.224 e. The molecule has 0 radical (unpaired) electrons. The number of ketones is 1. The fourth-order valence-corrected chi connectivity index (χ4v) is 3.52. The van der Waals surface area contributed by atoms with Crippen molar-refractivity contribution in [3.05, 3.63) is 58.1 Å². The molecule has 2 rings (SSSR count). The van der Waals surface area contributed by atoms with E-state index < -0.39 is 0 Å². The van der Waals surface area contributed by atoms with E-state index in [2.05, 4.69) is 12.2 Å². The van der Waals surface area contributed by atoms with Crippen LogP contribution in [-0.2, 0) is 4.79 Å². The molecule has 132 valence electrons. The van der Waals surface area contributed by atoms with Crippen LogP contribution >= 0.6 is 35.0 Å². The van der Waals surface area contributed by atoms with Crippen LogP contribution in [0.3, 0.4) is 0 Å². The van der Waals surface area contributed by atoms with Crippen molar-refractivity contribution >= 4 is 52.3 Å². The summed E-state index contributed by atoms with van der Waals surface area (Å²) in [7, 11) is 0. The van der Waals surface area contributed by atoms with Crippen molar-refractivity contribution in [1.82, 2.24) is 0 Å². The van der Waals surface area contributed by atoms with E-state index in [0.717, 1.165) is 23.4 Å². The van der Waals surface area contributed by atoms with Crippen molar-refractivity contribution in [2.45, 2.75) is 31.1 Å². The van der Waals surface area contributed by atoms with Gasteiger partial charge in [0.15, 0.2) is 5.78 Å². The van der Waals surface area contributed by atoms with E-state index >= 15 is 0 Å². The van der Waals surface area contributed by atoms with Crippen LogP contribution in [0, 0.1) is 0 Å². The zero-order valence-corrected chi connectivity index (χ0v) is 16.2. The third-order valence-electron chi connectivity index (χ3n) is 3.48. The molecule has 0 saturated carbocycles. The molecule has 2 aromatic carbocycles. The minimum Gasteiger partial charge on any atom is -0.326 e. The Bertz CT molecular complexity index is 765. The maximum absolute atomic E-state index is 12.3. The highest BCUT2D eigenvalue weighted by Crippen LogP contribution is 2.26. The van der Waals surface area contributed by atoms with Gasteiger partial charge in [0.25, 0.3) is 0 Å². The number of halogens is 2. The van der Waals surface area contributed by atoms with E-state index in [4.69, 9.17) is 23.2 Å². The number of rotatable bonds is 8. The molecule has 0 heterocycles. The van der Waals surface area contributed by atoms with Crippen molar-refractivity contribution < 1.29 is 9.59 Å². The summed E-state index contributed by atoms with van der Waals surface area (Å²) in [5.41, 5.74) is 1.20. The van der Waals surface area contributed by atoms with E-state index in [9.17, 15) is 9.59 Å². The largest absolute Gasteiger partial charge is 0.326 e. The summed E-state index contributed by atoms with van der Waals surface area (Å²) < 4.78 is 0. The molecule has 0 aromatic heterocycles. The van der Waals surface area contributed by atoms with Gasteiger partial charge in [-0.15, -0.1) is 11.8 Å². The van der Waals surface area contributed by atoms with Gasteiger partial charge in [-0.3, -0.25) is 9.59 Å². The lowest BCUT2D eigenvalue weighted by Crippen LogP contribution is -2.10. The number of amides is 1. The van der Waals surface area contributed by atoms with Gasteiger partial charge in [0.2, 0.25) is 5.91 Å². The minimum absolute atomic E-state index is 0.00743. The number of Topliss-reactive ketones (excluding diaryl/α,β-unsaturated/α-hetero) is 1. The summed E-state index contributed by atoms with van der Waals surface area (Å²) in [5, 5.41) is 3.74. The molecule has 3 nitrogen and oxygen atoms in total. The van der Waals surface area contributed by atoms with Crippen molar-refractivity contribution in [2.75, 3.05) is 11.1 Å². The predicted octanol–water partition coefficient (Wildman–Crippen LogP) is 6.10. The molecule has 1 N–H and O–H groups in total. The number of carbonyl (C=O) groups excluding carboxylic acids is 2. The van der Waals surface area contributed by atoms with Crippen LogP contribution < -0.4 is 5.32 Å². The Balaban J connectivity index is 1.95. The Morgan fingerprint density at radius 2 is 1.92 bits per heavy atom. The first-order valence-corrected chi connectivity index (χ1v) is 9.74. The van der Waals surface area contributed by atoms with Gasteiger partial charge in [-0.25, -0.2) is 0 Å². The number of nitrogens with one attached hydrogen (secondary N) is 1. The van der Waals surface area contributed by atoms with Crippen LogP contribution in [0.1, 0.15) is 36.5 Å². The molecule has 0 aliphatic rings. The SMILES string of the molecule is CCCCC(=O)Nc1cccc(SCC(=O)c2ccc(Cl)cc2Cl)c1. The van der Waals surface area contributed by atoms with Crippen LogP contribution in [0.15, 0.2) is 47.4 Å². The summed E-state index contributed by atoms with van der Waals surface area (Å²) in [6.45, 7) is 2.05. The molecule has 0 spiro atoms. The lowest BCUT2D eigenvalue weighted by atomic mass is 10.1. The Hall–Kier alpha value is -1.49. The van der Waals surface area contributed by atoms with E-state index in [1.807, 2.05) is 24.3 Å². The molecule has 0 unspecified atom stereocenters. The molecule has 0 fully saturated rings. The third kappa shape index (κ3) is 6.38. The van der Waals surface area contributed by atoms with Gasteiger partial charge in [0.05, 0.1) is 10.8 Å². The number of hydrogen-bond acceptors (Lipinski definition) is 3. The summed E-state index contributed by atoms with van der Waals surface area (Å²) in [6, 6.07) is 12.3. The first kappa shape index (κ1) is 19.8. The van der Waals surface area contributed by atoms with Gasteiger partial charge in [0.1, 0.15) is 0 Å².